The molecular formula is C10H19N3O3. The first-order valence-electron chi connectivity index (χ1n) is 5.27. The molecule has 92 valence electrons. The molecule has 1 fully saturated rings. The number of nitrogens with zero attached hydrogens (tertiary/aromatic N) is 2. The van der Waals surface area contributed by atoms with Crippen molar-refractivity contribution in [3.05, 3.63) is 0 Å². The normalized spacial score (nSPS) is 18.5. The maximum Gasteiger partial charge on any atom is 0.426 e. The van der Waals surface area contributed by atoms with Crippen molar-refractivity contribution >= 4 is 12.0 Å². The molecule has 0 radical (unpaired) electrons. The van der Waals surface area contributed by atoms with Crippen molar-refractivity contribution in [2.24, 2.45) is 0 Å². The fourth-order valence-corrected chi connectivity index (χ4v) is 1.26. The van der Waals surface area contributed by atoms with Gasteiger partial charge >= 0.3 is 6.09 Å². The lowest BCUT2D eigenvalue weighted by atomic mass is 10.1. The van der Waals surface area contributed by atoms with E-state index in [1.165, 1.54) is 5.06 Å². The highest BCUT2D eigenvalue weighted by atomic mass is 16.7. The third-order valence-corrected chi connectivity index (χ3v) is 2.11. The molecule has 1 aliphatic heterocycles. The van der Waals surface area contributed by atoms with E-state index in [0.717, 1.165) is 0 Å². The summed E-state index contributed by atoms with van der Waals surface area (Å²) in [5.74, 6) is -0.0465. The summed E-state index contributed by atoms with van der Waals surface area (Å²) >= 11 is 0. The third-order valence-electron chi connectivity index (χ3n) is 2.11. The van der Waals surface area contributed by atoms with Crippen molar-refractivity contribution in [2.45, 2.75) is 26.3 Å². The highest BCUT2D eigenvalue weighted by Crippen LogP contribution is 2.04. The average Bonchev–Trinajstić information content (AvgIpc) is 2.08. The highest BCUT2D eigenvalue weighted by molar-refractivity contribution is 5.78. The Kier molecular flexibility index (Phi) is 3.74. The second-order valence-electron chi connectivity index (χ2n) is 4.93. The Morgan fingerprint density at radius 3 is 2.50 bits per heavy atom. The molecule has 1 saturated heterocycles. The summed E-state index contributed by atoms with van der Waals surface area (Å²) in [4.78, 5) is 29.4. The van der Waals surface area contributed by atoms with Crippen LogP contribution in [0.1, 0.15) is 20.8 Å². The van der Waals surface area contributed by atoms with Crippen LogP contribution in [-0.4, -0.2) is 54.2 Å². The van der Waals surface area contributed by atoms with Gasteiger partial charge in [0, 0.05) is 19.1 Å². The predicted octanol–water partition coefficient (Wildman–Crippen LogP) is 0.200. The number of hydroxylamine groups is 2. The maximum atomic E-state index is 11.4. The quantitative estimate of drug-likeness (QED) is 0.697. The molecule has 1 aliphatic rings. The van der Waals surface area contributed by atoms with E-state index in [-0.39, 0.29) is 18.0 Å². The maximum absolute atomic E-state index is 11.4. The highest BCUT2D eigenvalue weighted by Gasteiger charge is 2.25. The Labute approximate surface area is 95.5 Å². The number of amides is 2. The number of likely N-dealkylation sites (N-methyl/N-ethyl adjacent to an activating group) is 1. The molecule has 1 rings (SSSR count). The van der Waals surface area contributed by atoms with E-state index in [9.17, 15) is 9.59 Å². The molecular weight excluding hydrogens is 210 g/mol. The van der Waals surface area contributed by atoms with E-state index in [2.05, 4.69) is 5.32 Å². The minimum atomic E-state index is -0.523. The van der Waals surface area contributed by atoms with Gasteiger partial charge in [0.2, 0.25) is 5.91 Å². The van der Waals surface area contributed by atoms with Gasteiger partial charge in [-0.1, -0.05) is 0 Å². The summed E-state index contributed by atoms with van der Waals surface area (Å²) in [5.41, 5.74) is -0.340. The lowest BCUT2D eigenvalue weighted by Gasteiger charge is -2.31. The largest absolute Gasteiger partial charge is 0.426 e. The summed E-state index contributed by atoms with van der Waals surface area (Å²) in [7, 11) is 1.73. The van der Waals surface area contributed by atoms with E-state index >= 15 is 0 Å². The predicted molar refractivity (Wildman–Crippen MR) is 58.6 cm³/mol. The standard InChI is InChI=1S/C10H19N3O3/c1-10(2,3)11-9(15)16-13-6-5-12(4)8(14)7-13/h5-7H2,1-4H3,(H,11,15). The molecule has 6 heteroatoms. The monoisotopic (exact) mass is 229 g/mol. The van der Waals surface area contributed by atoms with Gasteiger partial charge in [-0.05, 0) is 20.8 Å². The summed E-state index contributed by atoms with van der Waals surface area (Å²) in [6, 6.07) is 0. The SMILES string of the molecule is CN1CCN(OC(=O)NC(C)(C)C)CC1=O. The number of rotatable bonds is 1. The number of carbonyl (C=O) groups is 2. The van der Waals surface area contributed by atoms with Gasteiger partial charge in [0.1, 0.15) is 6.54 Å². The summed E-state index contributed by atoms with van der Waals surface area (Å²) in [6.07, 6.45) is -0.523. The lowest BCUT2D eigenvalue weighted by molar-refractivity contribution is -0.158. The smallest absolute Gasteiger partial charge is 0.350 e. The summed E-state index contributed by atoms with van der Waals surface area (Å²) in [5, 5.41) is 4.04. The van der Waals surface area contributed by atoms with Crippen molar-refractivity contribution in [1.29, 1.82) is 0 Å². The average molecular weight is 229 g/mol. The molecule has 0 atom stereocenters. The zero-order valence-corrected chi connectivity index (χ0v) is 10.2. The van der Waals surface area contributed by atoms with Crippen molar-refractivity contribution in [2.75, 3.05) is 26.7 Å². The summed E-state index contributed by atoms with van der Waals surface area (Å²) < 4.78 is 0. The fourth-order valence-electron chi connectivity index (χ4n) is 1.26. The van der Waals surface area contributed by atoms with Gasteiger partial charge in [0.05, 0.1) is 6.54 Å². The molecule has 0 spiro atoms. The summed E-state index contributed by atoms with van der Waals surface area (Å²) in [6.45, 7) is 6.83. The van der Waals surface area contributed by atoms with Gasteiger partial charge in [-0.25, -0.2) is 4.79 Å². The minimum absolute atomic E-state index is 0.0465. The molecule has 0 saturated carbocycles. The van der Waals surface area contributed by atoms with Crippen molar-refractivity contribution in [1.82, 2.24) is 15.3 Å². The van der Waals surface area contributed by atoms with Crippen LogP contribution in [0.2, 0.25) is 0 Å². The van der Waals surface area contributed by atoms with Crippen LogP contribution in [0.4, 0.5) is 4.79 Å². The second kappa shape index (κ2) is 4.69. The minimum Gasteiger partial charge on any atom is -0.350 e. The molecule has 1 heterocycles. The number of piperazine rings is 1. The first kappa shape index (κ1) is 12.8. The fraction of sp³-hybridized carbons (Fsp3) is 0.800. The Bertz CT molecular complexity index is 286. The van der Waals surface area contributed by atoms with E-state index in [1.807, 2.05) is 20.8 Å². The molecule has 1 N–H and O–H groups in total. The second-order valence-corrected chi connectivity index (χ2v) is 4.93. The van der Waals surface area contributed by atoms with Gasteiger partial charge in [-0.15, -0.1) is 5.06 Å². The van der Waals surface area contributed by atoms with E-state index in [1.54, 1.807) is 11.9 Å². The van der Waals surface area contributed by atoms with Crippen LogP contribution in [0, 0.1) is 0 Å². The number of carbonyl (C=O) groups excluding carboxylic acids is 2. The molecule has 6 nitrogen and oxygen atoms in total. The zero-order valence-electron chi connectivity index (χ0n) is 10.2. The van der Waals surface area contributed by atoms with Gasteiger partial charge < -0.3 is 15.1 Å². The molecule has 0 unspecified atom stereocenters. The number of hydrogen-bond acceptors (Lipinski definition) is 4. The Morgan fingerprint density at radius 2 is 2.00 bits per heavy atom. The van der Waals surface area contributed by atoms with Crippen LogP contribution in [0.25, 0.3) is 0 Å². The molecule has 0 bridgehead atoms. The van der Waals surface area contributed by atoms with Crippen LogP contribution < -0.4 is 5.32 Å². The van der Waals surface area contributed by atoms with Crippen molar-refractivity contribution < 1.29 is 14.4 Å². The van der Waals surface area contributed by atoms with Gasteiger partial charge in [0.25, 0.3) is 0 Å². The van der Waals surface area contributed by atoms with Crippen LogP contribution in [0.3, 0.4) is 0 Å². The van der Waals surface area contributed by atoms with E-state index in [0.29, 0.717) is 13.1 Å². The van der Waals surface area contributed by atoms with Crippen LogP contribution >= 0.6 is 0 Å². The molecule has 0 aromatic heterocycles. The molecule has 16 heavy (non-hydrogen) atoms. The molecule has 2 amide bonds. The van der Waals surface area contributed by atoms with E-state index in [4.69, 9.17) is 4.84 Å². The van der Waals surface area contributed by atoms with Crippen molar-refractivity contribution in [3.8, 4) is 0 Å². The first-order valence-corrected chi connectivity index (χ1v) is 5.27. The van der Waals surface area contributed by atoms with Crippen LogP contribution in [0.5, 0.6) is 0 Å². The third kappa shape index (κ3) is 4.06. The molecule has 0 aliphatic carbocycles. The first-order chi connectivity index (χ1) is 7.28. The van der Waals surface area contributed by atoms with Crippen LogP contribution in [-0.2, 0) is 9.63 Å². The molecule has 0 aromatic rings. The van der Waals surface area contributed by atoms with Crippen LogP contribution in [0.15, 0.2) is 0 Å². The Morgan fingerprint density at radius 1 is 1.38 bits per heavy atom. The Balaban J connectivity index is 2.38. The topological polar surface area (TPSA) is 61.9 Å². The van der Waals surface area contributed by atoms with E-state index < -0.39 is 6.09 Å². The molecule has 0 aromatic carbocycles. The van der Waals surface area contributed by atoms with Gasteiger partial charge in [-0.2, -0.15) is 0 Å². The van der Waals surface area contributed by atoms with Gasteiger partial charge in [0.15, 0.2) is 0 Å². The Hall–Kier alpha value is -1.30. The zero-order chi connectivity index (χ0) is 12.3. The number of nitrogens with one attached hydrogen (secondary N) is 1. The van der Waals surface area contributed by atoms with Crippen molar-refractivity contribution in [3.63, 3.8) is 0 Å². The van der Waals surface area contributed by atoms with Gasteiger partial charge in [-0.3, -0.25) is 4.79 Å². The number of hydrogen-bond donors (Lipinski definition) is 1. The lowest BCUT2D eigenvalue weighted by Crippen LogP contribution is -2.51.